The average Bonchev–Trinajstić information content (AvgIpc) is 2.61. The Labute approximate surface area is 94.0 Å². The van der Waals surface area contributed by atoms with E-state index in [4.69, 9.17) is 4.74 Å². The summed E-state index contributed by atoms with van der Waals surface area (Å²) >= 11 is 0. The smallest absolute Gasteiger partial charge is 0.355 e. The number of rotatable bonds is 1. The average molecular weight is 218 g/mol. The van der Waals surface area contributed by atoms with Crippen molar-refractivity contribution in [3.05, 3.63) is 30.2 Å². The summed E-state index contributed by atoms with van der Waals surface area (Å²) in [7, 11) is 0. The molecular formula is C12H14N2O2. The Balaban J connectivity index is 2.27. The van der Waals surface area contributed by atoms with Crippen LogP contribution < -0.4 is 0 Å². The molecule has 2 rings (SSSR count). The maximum atomic E-state index is 11.8. The number of fused-ring (bicyclic) bond motifs is 1. The topological polar surface area (TPSA) is 55.0 Å². The Hall–Kier alpha value is -1.84. The van der Waals surface area contributed by atoms with E-state index in [1.54, 1.807) is 18.5 Å². The van der Waals surface area contributed by atoms with Crippen LogP contribution in [0.1, 0.15) is 31.3 Å². The van der Waals surface area contributed by atoms with Crippen LogP contribution in [-0.4, -0.2) is 21.5 Å². The summed E-state index contributed by atoms with van der Waals surface area (Å²) in [6, 6.07) is 3.55. The van der Waals surface area contributed by atoms with Crippen LogP contribution in [0.15, 0.2) is 24.5 Å². The first-order valence-electron chi connectivity index (χ1n) is 5.12. The number of hydrogen-bond acceptors (Lipinski definition) is 3. The quantitative estimate of drug-likeness (QED) is 0.748. The number of nitrogens with one attached hydrogen (secondary N) is 1. The Morgan fingerprint density at radius 1 is 1.31 bits per heavy atom. The molecule has 0 aromatic heterocycles. The van der Waals surface area contributed by atoms with E-state index < -0.39 is 5.60 Å². The number of pyridine rings is 1. The standard InChI is InChI=1S/C12H14N2O2/c1-12(2,3)16-11(15)9-5-4-8-6-13-7-10(8)14-9/h4-7,14H,1-3H3. The predicted octanol–water partition coefficient (Wildman–Crippen LogP) is 2.47. The molecule has 2 aliphatic rings. The fourth-order valence-corrected chi connectivity index (χ4v) is 1.39. The van der Waals surface area contributed by atoms with Crippen LogP contribution in [0.25, 0.3) is 11.3 Å². The second-order valence-electron chi connectivity index (χ2n) is 4.65. The van der Waals surface area contributed by atoms with Crippen molar-refractivity contribution in [2.45, 2.75) is 26.4 Å². The minimum absolute atomic E-state index is 0.351. The minimum atomic E-state index is -0.482. The summed E-state index contributed by atoms with van der Waals surface area (Å²) < 4.78 is 5.26. The van der Waals surface area contributed by atoms with Gasteiger partial charge >= 0.3 is 5.97 Å². The summed E-state index contributed by atoms with van der Waals surface area (Å²) in [6.45, 7) is 5.52. The molecule has 0 fully saturated rings. The molecule has 84 valence electrons. The number of aromatic amines is 1. The molecule has 0 aliphatic carbocycles. The molecule has 0 unspecified atom stereocenters. The van der Waals surface area contributed by atoms with Gasteiger partial charge in [0.05, 0.1) is 11.9 Å². The van der Waals surface area contributed by atoms with Crippen molar-refractivity contribution < 1.29 is 9.53 Å². The van der Waals surface area contributed by atoms with Crippen molar-refractivity contribution in [3.63, 3.8) is 0 Å². The zero-order valence-corrected chi connectivity index (χ0v) is 9.57. The van der Waals surface area contributed by atoms with Crippen LogP contribution in [0.5, 0.6) is 0 Å². The molecule has 4 nitrogen and oxygen atoms in total. The lowest BCUT2D eigenvalue weighted by Gasteiger charge is -2.19. The first-order valence-corrected chi connectivity index (χ1v) is 5.12. The van der Waals surface area contributed by atoms with Gasteiger partial charge in [-0.25, -0.2) is 4.79 Å². The van der Waals surface area contributed by atoms with Crippen molar-refractivity contribution in [1.29, 1.82) is 0 Å². The van der Waals surface area contributed by atoms with Gasteiger partial charge in [0.25, 0.3) is 0 Å². The minimum Gasteiger partial charge on any atom is -0.455 e. The maximum Gasteiger partial charge on any atom is 0.355 e. The number of hydrogen-bond donors (Lipinski definition) is 1. The van der Waals surface area contributed by atoms with E-state index in [1.165, 1.54) is 0 Å². The van der Waals surface area contributed by atoms with Crippen LogP contribution in [0, 0.1) is 0 Å². The van der Waals surface area contributed by atoms with Gasteiger partial charge in [0.15, 0.2) is 0 Å². The fourth-order valence-electron chi connectivity index (χ4n) is 1.39. The number of nitrogens with zero attached hydrogens (tertiary/aromatic N) is 1. The van der Waals surface area contributed by atoms with Gasteiger partial charge in [-0.2, -0.15) is 0 Å². The Bertz CT molecular complexity index is 482. The first kappa shape index (κ1) is 10.7. The molecule has 4 heteroatoms. The van der Waals surface area contributed by atoms with Crippen LogP contribution in [0.4, 0.5) is 0 Å². The van der Waals surface area contributed by atoms with Crippen LogP contribution in [0.2, 0.25) is 0 Å². The van der Waals surface area contributed by atoms with Crippen molar-refractivity contribution in [3.8, 4) is 11.3 Å². The summed E-state index contributed by atoms with van der Waals surface area (Å²) in [4.78, 5) is 18.7. The molecule has 2 aliphatic heterocycles. The highest BCUT2D eigenvalue weighted by Gasteiger charge is 2.19. The Morgan fingerprint density at radius 3 is 2.75 bits per heavy atom. The number of esters is 1. The van der Waals surface area contributed by atoms with Gasteiger partial charge in [-0.3, -0.25) is 4.98 Å². The highest BCUT2D eigenvalue weighted by molar-refractivity contribution is 5.88. The molecule has 0 aromatic carbocycles. The van der Waals surface area contributed by atoms with Gasteiger partial charge in [-0.15, -0.1) is 0 Å². The summed E-state index contributed by atoms with van der Waals surface area (Å²) in [5.74, 6) is -0.351. The number of carbonyl (C=O) groups excluding carboxylic acids is 1. The predicted molar refractivity (Wildman–Crippen MR) is 60.4 cm³/mol. The van der Waals surface area contributed by atoms with E-state index >= 15 is 0 Å². The van der Waals surface area contributed by atoms with E-state index in [1.807, 2.05) is 26.8 Å². The summed E-state index contributed by atoms with van der Waals surface area (Å²) in [5, 5.41) is 0. The monoisotopic (exact) mass is 218 g/mol. The Kier molecular flexibility index (Phi) is 2.42. The van der Waals surface area contributed by atoms with Crippen molar-refractivity contribution in [2.24, 2.45) is 0 Å². The number of ether oxygens (including phenoxy) is 1. The van der Waals surface area contributed by atoms with Crippen molar-refractivity contribution >= 4 is 5.97 Å². The molecule has 0 saturated carbocycles. The molecule has 0 amide bonds. The molecule has 0 saturated heterocycles. The van der Waals surface area contributed by atoms with Gasteiger partial charge in [-0.05, 0) is 32.9 Å². The van der Waals surface area contributed by atoms with Gasteiger partial charge in [0, 0.05) is 11.8 Å². The normalized spacial score (nSPS) is 11.7. The Morgan fingerprint density at radius 2 is 2.06 bits per heavy atom. The number of carbonyl (C=O) groups is 1. The van der Waals surface area contributed by atoms with Crippen molar-refractivity contribution in [1.82, 2.24) is 9.97 Å². The zero-order valence-electron chi connectivity index (χ0n) is 9.57. The largest absolute Gasteiger partial charge is 0.455 e. The molecule has 2 heterocycles. The fraction of sp³-hybridized carbons (Fsp3) is 0.333. The first-order chi connectivity index (χ1) is 7.46. The molecular weight excluding hydrogens is 204 g/mol. The number of H-pyrrole nitrogens is 1. The van der Waals surface area contributed by atoms with E-state index in [-0.39, 0.29) is 5.97 Å². The summed E-state index contributed by atoms with van der Waals surface area (Å²) in [6.07, 6.45) is 3.42. The van der Waals surface area contributed by atoms with E-state index in [0.29, 0.717) is 5.69 Å². The van der Waals surface area contributed by atoms with Gasteiger partial charge in [-0.1, -0.05) is 0 Å². The number of aromatic nitrogens is 2. The summed E-state index contributed by atoms with van der Waals surface area (Å²) in [5.41, 5.74) is 1.77. The van der Waals surface area contributed by atoms with Crippen molar-refractivity contribution in [2.75, 3.05) is 0 Å². The molecule has 0 bridgehead atoms. The molecule has 0 spiro atoms. The second kappa shape index (κ2) is 3.63. The SMILES string of the molecule is CC(C)(C)OC(=O)c1ccc2cncc-2[nH]1. The highest BCUT2D eigenvalue weighted by atomic mass is 16.6. The molecule has 1 N–H and O–H groups in total. The van der Waals surface area contributed by atoms with Gasteiger partial charge in [0.1, 0.15) is 11.3 Å². The van der Waals surface area contributed by atoms with Crippen LogP contribution in [0.3, 0.4) is 0 Å². The van der Waals surface area contributed by atoms with Gasteiger partial charge in [0.2, 0.25) is 0 Å². The van der Waals surface area contributed by atoms with E-state index in [0.717, 1.165) is 11.3 Å². The highest BCUT2D eigenvalue weighted by Crippen LogP contribution is 2.19. The molecule has 0 atom stereocenters. The van der Waals surface area contributed by atoms with E-state index in [9.17, 15) is 4.79 Å². The molecule has 16 heavy (non-hydrogen) atoms. The van der Waals surface area contributed by atoms with E-state index in [2.05, 4.69) is 9.97 Å². The van der Waals surface area contributed by atoms with Gasteiger partial charge < -0.3 is 9.72 Å². The zero-order chi connectivity index (χ0) is 11.8. The lowest BCUT2D eigenvalue weighted by atomic mass is 10.2. The van der Waals surface area contributed by atoms with Crippen LogP contribution >= 0.6 is 0 Å². The lowest BCUT2D eigenvalue weighted by Crippen LogP contribution is -2.24. The molecule has 0 radical (unpaired) electrons. The second-order valence-corrected chi connectivity index (χ2v) is 4.65. The lowest BCUT2D eigenvalue weighted by molar-refractivity contribution is 0.00630. The maximum absolute atomic E-state index is 11.8. The third-order valence-corrected chi connectivity index (χ3v) is 2.05. The molecule has 0 aromatic rings. The third kappa shape index (κ3) is 2.21. The third-order valence-electron chi connectivity index (χ3n) is 2.05. The van der Waals surface area contributed by atoms with Crippen LogP contribution in [-0.2, 0) is 4.74 Å².